The third-order valence-corrected chi connectivity index (χ3v) is 7.41. The van der Waals surface area contributed by atoms with E-state index in [-0.39, 0.29) is 23.7 Å². The van der Waals surface area contributed by atoms with Gasteiger partial charge in [-0.3, -0.25) is 9.52 Å². The van der Waals surface area contributed by atoms with Crippen molar-refractivity contribution < 1.29 is 22.3 Å². The predicted molar refractivity (Wildman–Crippen MR) is 133 cm³/mol. The van der Waals surface area contributed by atoms with E-state index in [0.717, 1.165) is 22.9 Å². The molecule has 2 aromatic carbocycles. The van der Waals surface area contributed by atoms with E-state index in [1.165, 1.54) is 0 Å². The molecule has 2 unspecified atom stereocenters. The second kappa shape index (κ2) is 9.30. The SMILES string of the molecule is COCC(C)(C)c1ccc(C2(C)CC2C(=O)N[C@H](C)c2ccc(NS(C)(=O)=O)c(C)c2)cc1F. The number of aryl methyl sites for hydroxylation is 1. The van der Waals surface area contributed by atoms with Crippen LogP contribution in [-0.4, -0.2) is 34.3 Å². The summed E-state index contributed by atoms with van der Waals surface area (Å²) in [5.41, 5.74) is 2.73. The highest BCUT2D eigenvalue weighted by molar-refractivity contribution is 7.92. The molecule has 2 aromatic rings. The first-order valence-electron chi connectivity index (χ1n) is 11.4. The molecule has 1 saturated carbocycles. The molecule has 0 aliphatic heterocycles. The number of carbonyl (C=O) groups excluding carboxylic acids is 1. The van der Waals surface area contributed by atoms with Crippen LogP contribution >= 0.6 is 0 Å². The molecule has 34 heavy (non-hydrogen) atoms. The first kappa shape index (κ1) is 26.2. The van der Waals surface area contributed by atoms with Gasteiger partial charge in [-0.1, -0.05) is 45.0 Å². The van der Waals surface area contributed by atoms with Crippen LogP contribution in [0.2, 0.25) is 0 Å². The molecule has 186 valence electrons. The molecule has 0 radical (unpaired) electrons. The summed E-state index contributed by atoms with van der Waals surface area (Å²) < 4.78 is 45.7. The van der Waals surface area contributed by atoms with Gasteiger partial charge >= 0.3 is 0 Å². The van der Waals surface area contributed by atoms with E-state index >= 15 is 0 Å². The van der Waals surface area contributed by atoms with Gasteiger partial charge in [-0.05, 0) is 54.7 Å². The van der Waals surface area contributed by atoms with E-state index in [4.69, 9.17) is 4.74 Å². The maximum atomic E-state index is 15.0. The zero-order valence-corrected chi connectivity index (χ0v) is 21.8. The molecule has 0 saturated heterocycles. The first-order valence-corrected chi connectivity index (χ1v) is 13.3. The maximum absolute atomic E-state index is 15.0. The third-order valence-electron chi connectivity index (χ3n) is 6.82. The average Bonchev–Trinajstić information content (AvgIpc) is 3.41. The third kappa shape index (κ3) is 5.61. The Morgan fingerprint density at radius 3 is 2.50 bits per heavy atom. The second-order valence-electron chi connectivity index (χ2n) is 10.4. The molecule has 1 aliphatic rings. The topological polar surface area (TPSA) is 84.5 Å². The number of amides is 1. The van der Waals surface area contributed by atoms with Crippen molar-refractivity contribution in [1.82, 2.24) is 5.32 Å². The van der Waals surface area contributed by atoms with E-state index in [1.807, 2.05) is 46.8 Å². The fourth-order valence-corrected chi connectivity index (χ4v) is 5.22. The summed E-state index contributed by atoms with van der Waals surface area (Å²) in [7, 11) is -1.76. The van der Waals surface area contributed by atoms with Crippen LogP contribution in [0.1, 0.15) is 62.4 Å². The molecule has 6 nitrogen and oxygen atoms in total. The Hall–Kier alpha value is -2.45. The molecular formula is C26H35FN2O4S. The van der Waals surface area contributed by atoms with Crippen molar-refractivity contribution in [3.8, 4) is 0 Å². The number of carbonyl (C=O) groups is 1. The number of anilines is 1. The highest BCUT2D eigenvalue weighted by Gasteiger charge is 2.55. The summed E-state index contributed by atoms with van der Waals surface area (Å²) in [6.07, 6.45) is 1.76. The lowest BCUT2D eigenvalue weighted by Crippen LogP contribution is -2.30. The predicted octanol–water partition coefficient (Wildman–Crippen LogP) is 4.58. The van der Waals surface area contributed by atoms with Crippen LogP contribution in [0.25, 0.3) is 0 Å². The lowest BCUT2D eigenvalue weighted by atomic mass is 9.83. The molecule has 0 bridgehead atoms. The molecule has 2 N–H and O–H groups in total. The Morgan fingerprint density at radius 2 is 1.94 bits per heavy atom. The molecular weight excluding hydrogens is 455 g/mol. The van der Waals surface area contributed by atoms with Gasteiger partial charge in [-0.2, -0.15) is 0 Å². The van der Waals surface area contributed by atoms with Crippen LogP contribution in [0, 0.1) is 18.7 Å². The van der Waals surface area contributed by atoms with Gasteiger partial charge in [0.2, 0.25) is 15.9 Å². The van der Waals surface area contributed by atoms with E-state index < -0.39 is 20.9 Å². The van der Waals surface area contributed by atoms with Gasteiger partial charge in [0, 0.05) is 23.9 Å². The minimum absolute atomic E-state index is 0.0739. The van der Waals surface area contributed by atoms with Gasteiger partial charge < -0.3 is 10.1 Å². The highest BCUT2D eigenvalue weighted by Crippen LogP contribution is 2.54. The van der Waals surface area contributed by atoms with E-state index in [0.29, 0.717) is 24.3 Å². The summed E-state index contributed by atoms with van der Waals surface area (Å²) in [6.45, 7) is 9.99. The Kier molecular flexibility index (Phi) is 7.16. The Morgan fingerprint density at radius 1 is 1.26 bits per heavy atom. The highest BCUT2D eigenvalue weighted by atomic mass is 32.2. The molecule has 1 aliphatic carbocycles. The summed E-state index contributed by atoms with van der Waals surface area (Å²) in [6, 6.07) is 10.4. The largest absolute Gasteiger partial charge is 0.384 e. The number of rotatable bonds is 9. The van der Waals surface area contributed by atoms with Gasteiger partial charge in [0.25, 0.3) is 0 Å². The zero-order valence-electron chi connectivity index (χ0n) is 21.0. The number of methoxy groups -OCH3 is 1. The second-order valence-corrected chi connectivity index (χ2v) is 12.1. The van der Waals surface area contributed by atoms with Gasteiger partial charge in [0.1, 0.15) is 5.82 Å². The normalized spacial score (nSPS) is 21.1. The zero-order chi connectivity index (χ0) is 25.5. The van der Waals surface area contributed by atoms with Crippen LogP contribution in [0.4, 0.5) is 10.1 Å². The van der Waals surface area contributed by atoms with Gasteiger partial charge in [0.15, 0.2) is 0 Å². The molecule has 8 heteroatoms. The fraction of sp³-hybridized carbons (Fsp3) is 0.500. The molecule has 1 fully saturated rings. The summed E-state index contributed by atoms with van der Waals surface area (Å²) in [5.74, 6) is -0.590. The number of ether oxygens (including phenoxy) is 1. The molecule has 0 aromatic heterocycles. The van der Waals surface area contributed by atoms with Gasteiger partial charge in [0.05, 0.1) is 24.6 Å². The number of hydrogen-bond donors (Lipinski definition) is 2. The Balaban J connectivity index is 1.69. The lowest BCUT2D eigenvalue weighted by Gasteiger charge is -2.25. The van der Waals surface area contributed by atoms with Gasteiger partial charge in [-0.15, -0.1) is 0 Å². The van der Waals surface area contributed by atoms with Crippen LogP contribution < -0.4 is 10.0 Å². The quantitative estimate of drug-likeness (QED) is 0.539. The molecule has 3 rings (SSSR count). The van der Waals surface area contributed by atoms with Crippen LogP contribution in [0.15, 0.2) is 36.4 Å². The smallest absolute Gasteiger partial charge is 0.229 e. The summed E-state index contributed by atoms with van der Waals surface area (Å²) >= 11 is 0. The summed E-state index contributed by atoms with van der Waals surface area (Å²) in [4.78, 5) is 13.0. The van der Waals surface area contributed by atoms with Crippen molar-refractivity contribution in [3.05, 3.63) is 64.5 Å². The van der Waals surface area contributed by atoms with Crippen molar-refractivity contribution in [2.45, 2.75) is 57.9 Å². The first-order chi connectivity index (χ1) is 15.7. The average molecular weight is 491 g/mol. The Bertz CT molecular complexity index is 1200. The van der Waals surface area contributed by atoms with E-state index in [1.54, 1.807) is 31.4 Å². The summed E-state index contributed by atoms with van der Waals surface area (Å²) in [5, 5.41) is 3.06. The minimum Gasteiger partial charge on any atom is -0.384 e. The number of benzene rings is 2. The fourth-order valence-electron chi connectivity index (χ4n) is 4.59. The van der Waals surface area contributed by atoms with Crippen LogP contribution in [0.3, 0.4) is 0 Å². The number of sulfonamides is 1. The van der Waals surface area contributed by atoms with Crippen LogP contribution in [0.5, 0.6) is 0 Å². The van der Waals surface area contributed by atoms with Crippen molar-refractivity contribution in [1.29, 1.82) is 0 Å². The monoisotopic (exact) mass is 490 g/mol. The molecule has 3 atom stereocenters. The maximum Gasteiger partial charge on any atom is 0.229 e. The van der Waals surface area contributed by atoms with E-state index in [9.17, 15) is 17.6 Å². The van der Waals surface area contributed by atoms with Gasteiger partial charge in [-0.25, -0.2) is 12.8 Å². The molecule has 1 amide bonds. The molecule has 0 spiro atoms. The number of nitrogens with one attached hydrogen (secondary N) is 2. The van der Waals surface area contributed by atoms with Crippen molar-refractivity contribution in [2.24, 2.45) is 5.92 Å². The standard InChI is InChI=1S/C26H35FN2O4S/c1-16-12-18(8-11-23(16)29-34(7,31)32)17(2)28-24(30)21-14-26(21,5)19-9-10-20(22(27)13-19)25(3,4)15-33-6/h8-13,17,21,29H,14-15H2,1-7H3,(H,28,30)/t17-,21?,26?/m1/s1. The Labute approximate surface area is 202 Å². The van der Waals surface area contributed by atoms with Crippen molar-refractivity contribution >= 4 is 21.6 Å². The van der Waals surface area contributed by atoms with Crippen LogP contribution in [-0.2, 0) is 30.4 Å². The minimum atomic E-state index is -3.36. The number of halogens is 1. The number of hydrogen-bond acceptors (Lipinski definition) is 4. The van der Waals surface area contributed by atoms with Crippen molar-refractivity contribution in [3.63, 3.8) is 0 Å². The lowest BCUT2D eigenvalue weighted by molar-refractivity contribution is -0.123. The van der Waals surface area contributed by atoms with E-state index in [2.05, 4.69) is 10.0 Å². The van der Waals surface area contributed by atoms with Crippen molar-refractivity contribution in [2.75, 3.05) is 24.7 Å². The molecule has 0 heterocycles.